The molecule has 1 aromatic rings. The zero-order chi connectivity index (χ0) is 13.5. The molecule has 0 saturated carbocycles. The molecule has 0 N–H and O–H groups in total. The maximum absolute atomic E-state index is 10.8. The van der Waals surface area contributed by atoms with Gasteiger partial charge in [0.2, 0.25) is 0 Å². The van der Waals surface area contributed by atoms with Crippen LogP contribution in [0.5, 0.6) is 0 Å². The largest absolute Gasteiger partial charge is 0.464 e. The number of carbonyl (C=O) groups excluding carboxylic acids is 2. The van der Waals surface area contributed by atoms with E-state index in [4.69, 9.17) is 4.74 Å². The van der Waals surface area contributed by atoms with Crippen molar-refractivity contribution < 1.29 is 14.3 Å². The van der Waals surface area contributed by atoms with E-state index in [0.717, 1.165) is 24.1 Å². The summed E-state index contributed by atoms with van der Waals surface area (Å²) in [6, 6.07) is 5.70. The standard InChI is InChI=1S/C14H19NO3/c1-4-15(7-8-18-12(3)17)14-6-5-13(10-16)11(2)9-14/h5-6,9-10H,4,7-8H2,1-3H3. The lowest BCUT2D eigenvalue weighted by Gasteiger charge is -2.23. The molecule has 0 aliphatic carbocycles. The lowest BCUT2D eigenvalue weighted by atomic mass is 10.1. The van der Waals surface area contributed by atoms with Gasteiger partial charge in [-0.15, -0.1) is 0 Å². The third-order valence-electron chi connectivity index (χ3n) is 2.79. The molecule has 4 nitrogen and oxygen atoms in total. The SMILES string of the molecule is CCN(CCOC(C)=O)c1ccc(C=O)c(C)c1. The highest BCUT2D eigenvalue weighted by Gasteiger charge is 2.07. The Hall–Kier alpha value is -1.84. The molecule has 0 radical (unpaired) electrons. The summed E-state index contributed by atoms with van der Waals surface area (Å²) in [6.07, 6.45) is 0.855. The van der Waals surface area contributed by atoms with E-state index in [9.17, 15) is 9.59 Å². The molecule has 0 aromatic heterocycles. The molecule has 1 aromatic carbocycles. The predicted molar refractivity (Wildman–Crippen MR) is 71.1 cm³/mol. The van der Waals surface area contributed by atoms with Crippen LogP contribution >= 0.6 is 0 Å². The lowest BCUT2D eigenvalue weighted by Crippen LogP contribution is -2.27. The van der Waals surface area contributed by atoms with Gasteiger partial charge >= 0.3 is 5.97 Å². The van der Waals surface area contributed by atoms with Crippen molar-refractivity contribution in [1.82, 2.24) is 0 Å². The maximum Gasteiger partial charge on any atom is 0.302 e. The molecule has 0 saturated heterocycles. The van der Waals surface area contributed by atoms with Crippen molar-refractivity contribution in [2.75, 3.05) is 24.6 Å². The monoisotopic (exact) mass is 249 g/mol. The second kappa shape index (κ2) is 6.79. The molecule has 0 bridgehead atoms. The van der Waals surface area contributed by atoms with Gasteiger partial charge < -0.3 is 9.64 Å². The Kier molecular flexibility index (Phi) is 5.36. The molecule has 18 heavy (non-hydrogen) atoms. The zero-order valence-corrected chi connectivity index (χ0v) is 11.1. The summed E-state index contributed by atoms with van der Waals surface area (Å²) < 4.78 is 4.93. The van der Waals surface area contributed by atoms with Gasteiger partial charge in [0, 0.05) is 24.7 Å². The van der Waals surface area contributed by atoms with Crippen molar-refractivity contribution in [2.24, 2.45) is 0 Å². The number of aryl methyl sites for hydroxylation is 1. The van der Waals surface area contributed by atoms with Gasteiger partial charge in [0.25, 0.3) is 0 Å². The molecule has 0 amide bonds. The molecular formula is C14H19NO3. The smallest absolute Gasteiger partial charge is 0.302 e. The average Bonchev–Trinajstić information content (AvgIpc) is 2.34. The van der Waals surface area contributed by atoms with Crippen molar-refractivity contribution in [1.29, 1.82) is 0 Å². The van der Waals surface area contributed by atoms with Crippen LogP contribution in [-0.4, -0.2) is 32.0 Å². The second-order valence-corrected chi connectivity index (χ2v) is 4.08. The fourth-order valence-corrected chi connectivity index (χ4v) is 1.76. The summed E-state index contributed by atoms with van der Waals surface area (Å²) in [5.74, 6) is -0.265. The highest BCUT2D eigenvalue weighted by Crippen LogP contribution is 2.18. The lowest BCUT2D eigenvalue weighted by molar-refractivity contribution is -0.140. The maximum atomic E-state index is 10.8. The van der Waals surface area contributed by atoms with Crippen molar-refractivity contribution in [3.63, 3.8) is 0 Å². The summed E-state index contributed by atoms with van der Waals surface area (Å²) >= 11 is 0. The van der Waals surface area contributed by atoms with Crippen LogP contribution in [0.4, 0.5) is 5.69 Å². The first kappa shape index (κ1) is 14.2. The molecule has 0 atom stereocenters. The number of nitrogens with zero attached hydrogens (tertiary/aromatic N) is 1. The summed E-state index contributed by atoms with van der Waals surface area (Å²) in [5.41, 5.74) is 2.69. The van der Waals surface area contributed by atoms with Gasteiger partial charge in [-0.1, -0.05) is 0 Å². The summed E-state index contributed by atoms with van der Waals surface area (Å²) in [5, 5.41) is 0. The van der Waals surface area contributed by atoms with Crippen molar-refractivity contribution in [3.05, 3.63) is 29.3 Å². The Labute approximate surface area is 108 Å². The minimum atomic E-state index is -0.265. The van der Waals surface area contributed by atoms with Crippen molar-refractivity contribution >= 4 is 17.9 Å². The Morgan fingerprint density at radius 2 is 2.17 bits per heavy atom. The van der Waals surface area contributed by atoms with Gasteiger partial charge in [-0.3, -0.25) is 9.59 Å². The zero-order valence-electron chi connectivity index (χ0n) is 11.1. The fraction of sp³-hybridized carbons (Fsp3) is 0.429. The number of carbonyl (C=O) groups is 2. The second-order valence-electron chi connectivity index (χ2n) is 4.08. The Balaban J connectivity index is 2.72. The third-order valence-corrected chi connectivity index (χ3v) is 2.79. The number of esters is 1. The van der Waals surface area contributed by atoms with Gasteiger partial charge in [0.15, 0.2) is 0 Å². The van der Waals surface area contributed by atoms with E-state index in [0.29, 0.717) is 18.7 Å². The van der Waals surface area contributed by atoms with Crippen LogP contribution in [0.25, 0.3) is 0 Å². The van der Waals surface area contributed by atoms with Gasteiger partial charge in [-0.05, 0) is 37.6 Å². The number of benzene rings is 1. The number of hydrogen-bond acceptors (Lipinski definition) is 4. The van der Waals surface area contributed by atoms with Crippen LogP contribution in [0.1, 0.15) is 29.8 Å². The topological polar surface area (TPSA) is 46.6 Å². The molecular weight excluding hydrogens is 230 g/mol. The van der Waals surface area contributed by atoms with Crippen LogP contribution in [0.15, 0.2) is 18.2 Å². The third kappa shape index (κ3) is 3.87. The fourth-order valence-electron chi connectivity index (χ4n) is 1.76. The van der Waals surface area contributed by atoms with Crippen molar-refractivity contribution in [3.8, 4) is 0 Å². The van der Waals surface area contributed by atoms with Crippen LogP contribution in [0.2, 0.25) is 0 Å². The number of anilines is 1. The van der Waals surface area contributed by atoms with E-state index in [1.165, 1.54) is 6.92 Å². The Morgan fingerprint density at radius 1 is 1.44 bits per heavy atom. The first-order chi connectivity index (χ1) is 8.58. The highest BCUT2D eigenvalue weighted by atomic mass is 16.5. The molecule has 0 fully saturated rings. The molecule has 0 aliphatic heterocycles. The molecule has 4 heteroatoms. The molecule has 98 valence electrons. The summed E-state index contributed by atoms with van der Waals surface area (Å²) in [7, 11) is 0. The van der Waals surface area contributed by atoms with Gasteiger partial charge in [0.1, 0.15) is 12.9 Å². The van der Waals surface area contributed by atoms with E-state index in [-0.39, 0.29) is 5.97 Å². The van der Waals surface area contributed by atoms with E-state index in [1.807, 2.05) is 32.0 Å². The van der Waals surface area contributed by atoms with E-state index < -0.39 is 0 Å². The quantitative estimate of drug-likeness (QED) is 0.573. The normalized spacial score (nSPS) is 9.94. The molecule has 0 spiro atoms. The Bertz CT molecular complexity index is 429. The number of hydrogen-bond donors (Lipinski definition) is 0. The average molecular weight is 249 g/mol. The van der Waals surface area contributed by atoms with E-state index in [1.54, 1.807) is 0 Å². The first-order valence-corrected chi connectivity index (χ1v) is 6.02. The van der Waals surface area contributed by atoms with E-state index in [2.05, 4.69) is 4.90 Å². The molecule has 0 aliphatic rings. The highest BCUT2D eigenvalue weighted by molar-refractivity contribution is 5.78. The van der Waals surface area contributed by atoms with Crippen LogP contribution in [0, 0.1) is 6.92 Å². The number of likely N-dealkylation sites (N-methyl/N-ethyl adjacent to an activating group) is 1. The predicted octanol–water partition coefficient (Wildman–Crippen LogP) is 2.20. The van der Waals surface area contributed by atoms with E-state index >= 15 is 0 Å². The molecule has 1 rings (SSSR count). The summed E-state index contributed by atoms with van der Waals surface area (Å²) in [6.45, 7) is 7.19. The minimum Gasteiger partial charge on any atom is -0.464 e. The van der Waals surface area contributed by atoms with Crippen LogP contribution in [-0.2, 0) is 9.53 Å². The molecule has 0 heterocycles. The van der Waals surface area contributed by atoms with Crippen molar-refractivity contribution in [2.45, 2.75) is 20.8 Å². The minimum absolute atomic E-state index is 0.265. The molecule has 0 unspecified atom stereocenters. The number of aldehydes is 1. The summed E-state index contributed by atoms with van der Waals surface area (Å²) in [4.78, 5) is 23.6. The Morgan fingerprint density at radius 3 is 2.67 bits per heavy atom. The van der Waals surface area contributed by atoms with Crippen LogP contribution < -0.4 is 4.90 Å². The number of rotatable bonds is 6. The van der Waals surface area contributed by atoms with Gasteiger partial charge in [0.05, 0.1) is 6.54 Å². The van der Waals surface area contributed by atoms with Gasteiger partial charge in [-0.25, -0.2) is 0 Å². The van der Waals surface area contributed by atoms with Gasteiger partial charge in [-0.2, -0.15) is 0 Å². The number of ether oxygens (including phenoxy) is 1. The first-order valence-electron chi connectivity index (χ1n) is 6.02. The van der Waals surface area contributed by atoms with Crippen LogP contribution in [0.3, 0.4) is 0 Å².